The highest BCUT2D eigenvalue weighted by molar-refractivity contribution is 5.76. The summed E-state index contributed by atoms with van der Waals surface area (Å²) in [6.45, 7) is 10.9. The average molecular weight is 312 g/mol. The largest absolute Gasteiger partial charge is 0.480 e. The molecular weight excluding hydrogens is 280 g/mol. The van der Waals surface area contributed by atoms with E-state index in [1.54, 1.807) is 0 Å². The van der Waals surface area contributed by atoms with Crippen molar-refractivity contribution in [3.05, 3.63) is 0 Å². The summed E-state index contributed by atoms with van der Waals surface area (Å²) in [6, 6.07) is 0.289. The van der Waals surface area contributed by atoms with Gasteiger partial charge in [-0.3, -0.25) is 14.5 Å². The van der Waals surface area contributed by atoms with Crippen LogP contribution in [0.5, 0.6) is 0 Å². The van der Waals surface area contributed by atoms with Crippen LogP contribution >= 0.6 is 0 Å². The molecule has 1 amide bonds. The summed E-state index contributed by atoms with van der Waals surface area (Å²) < 4.78 is 0. The average Bonchev–Trinajstić information content (AvgIpc) is 2.49. The topological polar surface area (TPSA) is 60.9 Å². The fourth-order valence-electron chi connectivity index (χ4n) is 3.36. The third-order valence-electron chi connectivity index (χ3n) is 4.98. The molecule has 0 aromatic carbocycles. The molecule has 0 spiro atoms. The minimum Gasteiger partial charge on any atom is -0.480 e. The van der Waals surface area contributed by atoms with Gasteiger partial charge in [0.2, 0.25) is 5.91 Å². The predicted octanol–water partition coefficient (Wildman–Crippen LogP) is 2.46. The van der Waals surface area contributed by atoms with Gasteiger partial charge in [-0.1, -0.05) is 34.1 Å². The number of likely N-dealkylation sites (N-methyl/N-ethyl adjacent to an activating group) is 1. The van der Waals surface area contributed by atoms with Crippen molar-refractivity contribution in [2.75, 3.05) is 26.2 Å². The molecule has 1 aliphatic rings. The maximum atomic E-state index is 12.4. The molecule has 0 aromatic rings. The molecule has 1 fully saturated rings. The molecule has 5 heteroatoms. The predicted molar refractivity (Wildman–Crippen MR) is 87.7 cm³/mol. The molecule has 0 saturated carbocycles. The fourth-order valence-corrected chi connectivity index (χ4v) is 3.36. The third-order valence-corrected chi connectivity index (χ3v) is 4.98. The number of likely N-dealkylation sites (tertiary alicyclic amines) is 1. The van der Waals surface area contributed by atoms with E-state index in [9.17, 15) is 9.59 Å². The molecule has 1 heterocycles. The third kappa shape index (κ3) is 5.59. The lowest BCUT2D eigenvalue weighted by Crippen LogP contribution is -2.48. The van der Waals surface area contributed by atoms with Gasteiger partial charge in [0.1, 0.15) is 0 Å². The van der Waals surface area contributed by atoms with Crippen LogP contribution in [0.1, 0.15) is 53.4 Å². The van der Waals surface area contributed by atoms with Gasteiger partial charge in [0.05, 0.1) is 6.54 Å². The number of carbonyl (C=O) groups excluding carboxylic acids is 1. The number of amides is 1. The molecule has 0 aromatic heterocycles. The number of rotatable bonds is 8. The Bertz CT molecular complexity index is 363. The van der Waals surface area contributed by atoms with E-state index in [2.05, 4.69) is 20.8 Å². The highest BCUT2D eigenvalue weighted by Gasteiger charge is 2.28. The Morgan fingerprint density at radius 1 is 1.23 bits per heavy atom. The van der Waals surface area contributed by atoms with Crippen LogP contribution in [0, 0.1) is 11.8 Å². The molecule has 1 N–H and O–H groups in total. The van der Waals surface area contributed by atoms with Crippen LogP contribution in [0.4, 0.5) is 0 Å². The van der Waals surface area contributed by atoms with Gasteiger partial charge >= 0.3 is 5.97 Å². The minimum absolute atomic E-state index is 0.0976. The highest BCUT2D eigenvalue weighted by atomic mass is 16.4. The Labute approximate surface area is 134 Å². The van der Waals surface area contributed by atoms with Gasteiger partial charge in [-0.2, -0.15) is 0 Å². The number of hydrogen-bond acceptors (Lipinski definition) is 3. The van der Waals surface area contributed by atoms with E-state index in [4.69, 9.17) is 5.11 Å². The Balaban J connectivity index is 2.47. The van der Waals surface area contributed by atoms with Crippen molar-refractivity contribution in [1.82, 2.24) is 9.80 Å². The summed E-state index contributed by atoms with van der Waals surface area (Å²) in [6.07, 6.45) is 3.45. The molecule has 1 rings (SSSR count). The first kappa shape index (κ1) is 18.9. The van der Waals surface area contributed by atoms with Crippen molar-refractivity contribution in [2.24, 2.45) is 11.8 Å². The van der Waals surface area contributed by atoms with Crippen LogP contribution in [0.2, 0.25) is 0 Å². The van der Waals surface area contributed by atoms with Crippen LogP contribution in [0.15, 0.2) is 0 Å². The Morgan fingerprint density at radius 2 is 1.82 bits per heavy atom. The smallest absolute Gasteiger partial charge is 0.317 e. The van der Waals surface area contributed by atoms with Crippen molar-refractivity contribution in [3.63, 3.8) is 0 Å². The number of aliphatic carboxylic acids is 1. The van der Waals surface area contributed by atoms with E-state index in [0.717, 1.165) is 38.9 Å². The summed E-state index contributed by atoms with van der Waals surface area (Å²) in [5.74, 6) is 0.491. The molecule has 1 aliphatic heterocycles. The van der Waals surface area contributed by atoms with E-state index in [-0.39, 0.29) is 18.5 Å². The SMILES string of the molecule is CC[C@H](CC(=O)N1CCC(N(CC)CC(=O)O)CC1)C(C)C. The van der Waals surface area contributed by atoms with Gasteiger partial charge in [0, 0.05) is 25.6 Å². The van der Waals surface area contributed by atoms with Crippen LogP contribution in [-0.4, -0.2) is 59.0 Å². The summed E-state index contributed by atoms with van der Waals surface area (Å²) in [4.78, 5) is 27.3. The lowest BCUT2D eigenvalue weighted by Gasteiger charge is -2.38. The first-order valence-corrected chi connectivity index (χ1v) is 8.62. The lowest BCUT2D eigenvalue weighted by atomic mass is 9.89. The van der Waals surface area contributed by atoms with E-state index >= 15 is 0 Å². The number of carbonyl (C=O) groups is 2. The second kappa shape index (κ2) is 9.13. The zero-order valence-corrected chi connectivity index (χ0v) is 14.5. The lowest BCUT2D eigenvalue weighted by molar-refractivity contribution is -0.140. The first-order valence-electron chi connectivity index (χ1n) is 8.62. The highest BCUT2D eigenvalue weighted by Crippen LogP contribution is 2.22. The fraction of sp³-hybridized carbons (Fsp3) is 0.882. The number of carboxylic acid groups (broad SMARTS) is 1. The number of nitrogens with zero attached hydrogens (tertiary/aromatic N) is 2. The Morgan fingerprint density at radius 3 is 2.23 bits per heavy atom. The number of carboxylic acids is 1. The van der Waals surface area contributed by atoms with E-state index in [1.807, 2.05) is 16.7 Å². The van der Waals surface area contributed by atoms with Crippen molar-refractivity contribution < 1.29 is 14.7 Å². The van der Waals surface area contributed by atoms with Gasteiger partial charge < -0.3 is 10.0 Å². The summed E-state index contributed by atoms with van der Waals surface area (Å²) in [7, 11) is 0. The summed E-state index contributed by atoms with van der Waals surface area (Å²) >= 11 is 0. The van der Waals surface area contributed by atoms with Gasteiger partial charge in [0.25, 0.3) is 0 Å². The zero-order chi connectivity index (χ0) is 16.7. The molecule has 0 bridgehead atoms. The maximum absolute atomic E-state index is 12.4. The van der Waals surface area contributed by atoms with Crippen molar-refractivity contribution in [2.45, 2.75) is 59.4 Å². The van der Waals surface area contributed by atoms with Crippen LogP contribution < -0.4 is 0 Å². The molecule has 22 heavy (non-hydrogen) atoms. The molecule has 0 radical (unpaired) electrons. The maximum Gasteiger partial charge on any atom is 0.317 e. The molecule has 5 nitrogen and oxygen atoms in total. The van der Waals surface area contributed by atoms with Crippen LogP contribution in [-0.2, 0) is 9.59 Å². The molecule has 0 unspecified atom stereocenters. The Kier molecular flexibility index (Phi) is 7.87. The number of hydrogen-bond donors (Lipinski definition) is 1. The molecule has 128 valence electrons. The second-order valence-corrected chi connectivity index (χ2v) is 6.69. The van der Waals surface area contributed by atoms with Gasteiger partial charge in [-0.25, -0.2) is 0 Å². The number of piperidine rings is 1. The monoisotopic (exact) mass is 312 g/mol. The normalized spacial score (nSPS) is 18.0. The van der Waals surface area contributed by atoms with Gasteiger partial charge in [0.15, 0.2) is 0 Å². The van der Waals surface area contributed by atoms with Gasteiger partial charge in [-0.15, -0.1) is 0 Å². The minimum atomic E-state index is -0.775. The quantitative estimate of drug-likeness (QED) is 0.748. The summed E-state index contributed by atoms with van der Waals surface area (Å²) in [5, 5.41) is 8.96. The molecule has 0 aliphatic carbocycles. The zero-order valence-electron chi connectivity index (χ0n) is 14.5. The molecular formula is C17H32N2O3. The van der Waals surface area contributed by atoms with E-state index in [1.165, 1.54) is 0 Å². The summed E-state index contributed by atoms with van der Waals surface area (Å²) in [5.41, 5.74) is 0. The second-order valence-electron chi connectivity index (χ2n) is 6.69. The van der Waals surface area contributed by atoms with Crippen LogP contribution in [0.3, 0.4) is 0 Å². The van der Waals surface area contributed by atoms with E-state index in [0.29, 0.717) is 18.3 Å². The standard InChI is InChI=1S/C17H32N2O3/c1-5-14(13(3)4)11-16(20)19-9-7-15(8-10-19)18(6-2)12-17(21)22/h13-15H,5-12H2,1-4H3,(H,21,22)/t14-/m1/s1. The first-order chi connectivity index (χ1) is 10.4. The molecule has 1 atom stereocenters. The van der Waals surface area contributed by atoms with Gasteiger partial charge in [-0.05, 0) is 31.2 Å². The van der Waals surface area contributed by atoms with E-state index < -0.39 is 5.97 Å². The van der Waals surface area contributed by atoms with Crippen molar-refractivity contribution >= 4 is 11.9 Å². The Hall–Kier alpha value is -1.10. The van der Waals surface area contributed by atoms with Crippen molar-refractivity contribution in [3.8, 4) is 0 Å². The van der Waals surface area contributed by atoms with Crippen LogP contribution in [0.25, 0.3) is 0 Å². The van der Waals surface area contributed by atoms with Crippen molar-refractivity contribution in [1.29, 1.82) is 0 Å². The molecule has 1 saturated heterocycles.